The number of nitrogens with zero attached hydrogens (tertiary/aromatic N) is 2. The Balaban J connectivity index is 2.13. The number of aromatic nitrogens is 1. The number of hydrogen-bond donors (Lipinski definition) is 1. The van der Waals surface area contributed by atoms with Gasteiger partial charge in [-0.25, -0.2) is 17.7 Å². The average Bonchev–Trinajstić information content (AvgIpc) is 2.42. The summed E-state index contributed by atoms with van der Waals surface area (Å²) in [6.07, 6.45) is 3.17. The van der Waals surface area contributed by atoms with Crippen LogP contribution in [0.2, 0.25) is 5.02 Å². The summed E-state index contributed by atoms with van der Waals surface area (Å²) in [6.45, 7) is 1.77. The van der Waals surface area contributed by atoms with Crippen molar-refractivity contribution in [3.05, 3.63) is 17.3 Å². The number of anilines is 1. The number of pyridine rings is 1. The van der Waals surface area contributed by atoms with Gasteiger partial charge < -0.3 is 10.5 Å². The van der Waals surface area contributed by atoms with Crippen LogP contribution in [0.4, 0.5) is 5.82 Å². The molecule has 2 heterocycles. The lowest BCUT2D eigenvalue weighted by atomic mass is 10.0. The minimum atomic E-state index is -3.60. The van der Waals surface area contributed by atoms with Crippen molar-refractivity contribution in [3.63, 3.8) is 0 Å². The molecule has 0 bridgehead atoms. The molecular formula is C12H18ClN3O3S. The minimum Gasteiger partial charge on any atom is -0.382 e. The zero-order valence-corrected chi connectivity index (χ0v) is 12.8. The first kappa shape index (κ1) is 15.5. The van der Waals surface area contributed by atoms with Crippen molar-refractivity contribution in [3.8, 4) is 0 Å². The molecule has 1 aliphatic heterocycles. The van der Waals surface area contributed by atoms with Crippen molar-refractivity contribution < 1.29 is 13.2 Å². The Morgan fingerprint density at radius 1 is 1.60 bits per heavy atom. The molecule has 1 aromatic heterocycles. The smallest absolute Gasteiger partial charge is 0.244 e. The molecule has 1 unspecified atom stereocenters. The molecule has 0 spiro atoms. The van der Waals surface area contributed by atoms with Crippen LogP contribution in [0, 0.1) is 5.92 Å². The van der Waals surface area contributed by atoms with Gasteiger partial charge >= 0.3 is 0 Å². The topological polar surface area (TPSA) is 85.5 Å². The molecule has 6 nitrogen and oxygen atoms in total. The van der Waals surface area contributed by atoms with Crippen LogP contribution in [-0.2, 0) is 14.8 Å². The number of halogens is 1. The lowest BCUT2D eigenvalue weighted by molar-refractivity contribution is 0.0495. The van der Waals surface area contributed by atoms with Crippen LogP contribution in [0.5, 0.6) is 0 Å². The van der Waals surface area contributed by atoms with Gasteiger partial charge in [-0.3, -0.25) is 0 Å². The maximum Gasteiger partial charge on any atom is 0.244 e. The van der Waals surface area contributed by atoms with E-state index in [0.717, 1.165) is 19.4 Å². The SMILES string of the molecule is CN(CC1CCCOC1)S(=O)(=O)c1cnc(N)c(Cl)c1. The third-order valence-corrected chi connectivity index (χ3v) is 5.41. The number of nitrogens with two attached hydrogens (primary N) is 1. The lowest BCUT2D eigenvalue weighted by Crippen LogP contribution is -2.35. The van der Waals surface area contributed by atoms with E-state index < -0.39 is 10.0 Å². The van der Waals surface area contributed by atoms with Gasteiger partial charge in [0, 0.05) is 26.4 Å². The van der Waals surface area contributed by atoms with Crippen LogP contribution < -0.4 is 5.73 Å². The quantitative estimate of drug-likeness (QED) is 0.905. The number of nitrogen functional groups attached to an aromatic ring is 1. The second-order valence-corrected chi connectivity index (χ2v) is 7.36. The Labute approximate surface area is 123 Å². The van der Waals surface area contributed by atoms with Gasteiger partial charge in [-0.1, -0.05) is 11.6 Å². The van der Waals surface area contributed by atoms with Gasteiger partial charge in [0.05, 0.1) is 11.6 Å². The van der Waals surface area contributed by atoms with Gasteiger partial charge in [-0.2, -0.15) is 0 Å². The fraction of sp³-hybridized carbons (Fsp3) is 0.583. The number of ether oxygens (including phenoxy) is 1. The number of sulfonamides is 1. The molecule has 0 aliphatic carbocycles. The van der Waals surface area contributed by atoms with E-state index in [0.29, 0.717) is 13.2 Å². The predicted molar refractivity (Wildman–Crippen MR) is 77.0 cm³/mol. The van der Waals surface area contributed by atoms with Crippen molar-refractivity contribution in [2.75, 3.05) is 32.5 Å². The lowest BCUT2D eigenvalue weighted by Gasteiger charge is -2.26. The van der Waals surface area contributed by atoms with Crippen LogP contribution in [-0.4, -0.2) is 44.5 Å². The third-order valence-electron chi connectivity index (χ3n) is 3.32. The van der Waals surface area contributed by atoms with Crippen LogP contribution in [0.3, 0.4) is 0 Å². The highest BCUT2D eigenvalue weighted by molar-refractivity contribution is 7.89. The second kappa shape index (κ2) is 6.26. The van der Waals surface area contributed by atoms with Gasteiger partial charge in [0.15, 0.2) is 0 Å². The zero-order chi connectivity index (χ0) is 14.8. The Kier molecular flexibility index (Phi) is 4.85. The summed E-state index contributed by atoms with van der Waals surface area (Å²) in [5.74, 6) is 0.342. The molecule has 0 aromatic carbocycles. The number of hydrogen-bond acceptors (Lipinski definition) is 5. The molecule has 1 atom stereocenters. The molecular weight excluding hydrogens is 302 g/mol. The molecule has 0 radical (unpaired) electrons. The average molecular weight is 320 g/mol. The Bertz CT molecular complexity index is 573. The number of rotatable bonds is 4. The van der Waals surface area contributed by atoms with Crippen molar-refractivity contribution in [1.29, 1.82) is 0 Å². The van der Waals surface area contributed by atoms with E-state index in [9.17, 15) is 8.42 Å². The van der Waals surface area contributed by atoms with Crippen LogP contribution in [0.25, 0.3) is 0 Å². The molecule has 1 aliphatic rings. The van der Waals surface area contributed by atoms with Gasteiger partial charge in [-0.05, 0) is 24.8 Å². The zero-order valence-electron chi connectivity index (χ0n) is 11.3. The van der Waals surface area contributed by atoms with Crippen molar-refractivity contribution in [1.82, 2.24) is 9.29 Å². The van der Waals surface area contributed by atoms with Crippen LogP contribution in [0.1, 0.15) is 12.8 Å². The predicted octanol–water partition coefficient (Wildman–Crippen LogP) is 1.36. The van der Waals surface area contributed by atoms with Crippen LogP contribution in [0.15, 0.2) is 17.2 Å². The van der Waals surface area contributed by atoms with Gasteiger partial charge in [0.1, 0.15) is 10.7 Å². The van der Waals surface area contributed by atoms with Gasteiger partial charge in [0.2, 0.25) is 10.0 Å². The maximum absolute atomic E-state index is 12.4. The summed E-state index contributed by atoms with van der Waals surface area (Å²) in [5.41, 5.74) is 5.49. The fourth-order valence-electron chi connectivity index (χ4n) is 2.17. The molecule has 2 N–H and O–H groups in total. The second-order valence-electron chi connectivity index (χ2n) is 4.91. The molecule has 1 saturated heterocycles. The minimum absolute atomic E-state index is 0.0518. The van der Waals surface area contributed by atoms with E-state index in [1.54, 1.807) is 7.05 Å². The fourth-order valence-corrected chi connectivity index (χ4v) is 3.62. The first-order valence-electron chi connectivity index (χ1n) is 6.36. The molecule has 0 amide bonds. The Hall–Kier alpha value is -0.890. The van der Waals surface area contributed by atoms with E-state index in [1.807, 2.05) is 0 Å². The molecule has 1 fully saturated rings. The molecule has 1 aromatic rings. The van der Waals surface area contributed by atoms with E-state index in [2.05, 4.69) is 4.98 Å². The third kappa shape index (κ3) is 3.41. The van der Waals surface area contributed by atoms with E-state index in [1.165, 1.54) is 16.6 Å². The standard InChI is InChI=1S/C12H18ClN3O3S/c1-16(7-9-3-2-4-19-8-9)20(17,18)10-5-11(13)12(14)15-6-10/h5-6,9H,2-4,7-8H2,1H3,(H2,14,15). The Morgan fingerprint density at radius 3 is 2.95 bits per heavy atom. The summed E-state index contributed by atoms with van der Waals surface area (Å²) in [4.78, 5) is 3.84. The summed E-state index contributed by atoms with van der Waals surface area (Å²) in [5, 5.41) is 0.139. The van der Waals surface area contributed by atoms with Gasteiger partial charge in [-0.15, -0.1) is 0 Å². The van der Waals surface area contributed by atoms with Crippen molar-refractivity contribution in [2.24, 2.45) is 5.92 Å². The first-order chi connectivity index (χ1) is 9.41. The largest absolute Gasteiger partial charge is 0.382 e. The van der Waals surface area contributed by atoms with Gasteiger partial charge in [0.25, 0.3) is 0 Å². The van der Waals surface area contributed by atoms with E-state index in [-0.39, 0.29) is 21.7 Å². The van der Waals surface area contributed by atoms with Crippen LogP contribution >= 0.6 is 11.6 Å². The van der Waals surface area contributed by atoms with E-state index in [4.69, 9.17) is 22.1 Å². The highest BCUT2D eigenvalue weighted by atomic mass is 35.5. The summed E-state index contributed by atoms with van der Waals surface area (Å²) >= 11 is 5.83. The van der Waals surface area contributed by atoms with E-state index >= 15 is 0 Å². The maximum atomic E-state index is 12.4. The van der Waals surface area contributed by atoms with Crippen molar-refractivity contribution in [2.45, 2.75) is 17.7 Å². The Morgan fingerprint density at radius 2 is 2.35 bits per heavy atom. The normalized spacial score (nSPS) is 20.2. The first-order valence-corrected chi connectivity index (χ1v) is 8.18. The highest BCUT2D eigenvalue weighted by Gasteiger charge is 2.25. The molecule has 112 valence electrons. The summed E-state index contributed by atoms with van der Waals surface area (Å²) in [6, 6.07) is 1.33. The molecule has 2 rings (SSSR count). The molecule has 8 heteroatoms. The monoisotopic (exact) mass is 319 g/mol. The van der Waals surface area contributed by atoms with Crippen molar-refractivity contribution >= 4 is 27.4 Å². The summed E-state index contributed by atoms with van der Waals surface area (Å²) < 4.78 is 31.5. The molecule has 0 saturated carbocycles. The molecule has 20 heavy (non-hydrogen) atoms. The highest BCUT2D eigenvalue weighted by Crippen LogP contribution is 2.23. The summed E-state index contributed by atoms with van der Waals surface area (Å²) in [7, 11) is -2.05.